The van der Waals surface area contributed by atoms with Crippen molar-refractivity contribution in [3.63, 3.8) is 0 Å². The van der Waals surface area contributed by atoms with Gasteiger partial charge in [0.15, 0.2) is 0 Å². The summed E-state index contributed by atoms with van der Waals surface area (Å²) >= 11 is 0. The van der Waals surface area contributed by atoms with Crippen molar-refractivity contribution in [1.82, 2.24) is 0 Å². The molecule has 102 valence electrons. The molecule has 1 nitrogen and oxygen atoms in total. The maximum atomic E-state index is 12.7. The summed E-state index contributed by atoms with van der Waals surface area (Å²) in [4.78, 5) is 0. The lowest BCUT2D eigenvalue weighted by Crippen LogP contribution is -2.40. The highest BCUT2D eigenvalue weighted by Crippen LogP contribution is 2.42. The maximum Gasteiger partial charge on any atom is 0.523 e. The van der Waals surface area contributed by atoms with Crippen molar-refractivity contribution < 1.29 is 17.9 Å². The minimum absolute atomic E-state index is 0.263. The number of ether oxygens (including phenoxy) is 1. The summed E-state index contributed by atoms with van der Waals surface area (Å²) in [6.07, 6.45) is -3.66. The zero-order valence-corrected chi connectivity index (χ0v) is 10.9. The van der Waals surface area contributed by atoms with Crippen molar-refractivity contribution in [3.05, 3.63) is 35.9 Å². The number of rotatable bonds is 5. The smallest absolute Gasteiger partial charge is 0.280 e. The van der Waals surface area contributed by atoms with Crippen LogP contribution in [0.4, 0.5) is 13.2 Å². The molecule has 0 N–H and O–H groups in total. The van der Waals surface area contributed by atoms with E-state index in [1.54, 1.807) is 44.2 Å². The van der Waals surface area contributed by atoms with Crippen molar-refractivity contribution in [2.45, 2.75) is 45.6 Å². The molecule has 0 heterocycles. The van der Waals surface area contributed by atoms with E-state index in [-0.39, 0.29) is 5.92 Å². The number of hydrogen-bond donors (Lipinski definition) is 0. The first-order valence-corrected chi connectivity index (χ1v) is 6.14. The van der Waals surface area contributed by atoms with Crippen molar-refractivity contribution in [2.24, 2.45) is 5.92 Å². The molecule has 0 fully saturated rings. The number of alkyl halides is 3. The van der Waals surface area contributed by atoms with Crippen molar-refractivity contribution in [3.8, 4) is 0 Å². The summed E-state index contributed by atoms with van der Waals surface area (Å²) in [5, 5.41) is 0. The predicted molar refractivity (Wildman–Crippen MR) is 65.0 cm³/mol. The van der Waals surface area contributed by atoms with E-state index >= 15 is 0 Å². The average molecular weight is 260 g/mol. The Balaban J connectivity index is 3.22. The van der Waals surface area contributed by atoms with Gasteiger partial charge in [0.05, 0.1) is 0 Å². The molecule has 0 aromatic heterocycles. The molecule has 0 aliphatic heterocycles. The fourth-order valence-corrected chi connectivity index (χ4v) is 2.29. The molecule has 1 aromatic rings. The van der Waals surface area contributed by atoms with E-state index in [0.29, 0.717) is 18.4 Å². The minimum atomic E-state index is -4.63. The molecule has 0 spiro atoms. The number of halogens is 3. The molecule has 0 radical (unpaired) electrons. The Kier molecular flexibility index (Phi) is 4.79. The van der Waals surface area contributed by atoms with E-state index in [1.165, 1.54) is 0 Å². The molecular formula is C14H19F3O. The molecule has 1 atom stereocenters. The molecule has 0 aliphatic rings. The van der Waals surface area contributed by atoms with Crippen LogP contribution in [0, 0.1) is 5.92 Å². The van der Waals surface area contributed by atoms with Crippen LogP contribution in [0.3, 0.4) is 0 Å². The van der Waals surface area contributed by atoms with Gasteiger partial charge in [-0.25, -0.2) is 0 Å². The number of benzene rings is 1. The standard InChI is InChI=1S/C14H19F3O/c1-4-10-13(11(2)3,18-14(15,16)17)12-8-6-5-7-9-12/h5-9,11H,4,10H2,1-3H3. The second-order valence-corrected chi connectivity index (χ2v) is 4.71. The molecule has 0 saturated heterocycles. The molecular weight excluding hydrogens is 241 g/mol. The van der Waals surface area contributed by atoms with Gasteiger partial charge < -0.3 is 0 Å². The first-order valence-electron chi connectivity index (χ1n) is 6.14. The highest BCUT2D eigenvalue weighted by atomic mass is 19.4. The third kappa shape index (κ3) is 3.48. The van der Waals surface area contributed by atoms with Crippen LogP contribution in [-0.4, -0.2) is 6.36 Å². The summed E-state index contributed by atoms with van der Waals surface area (Å²) in [7, 11) is 0. The summed E-state index contributed by atoms with van der Waals surface area (Å²) in [6.45, 7) is 5.38. The third-order valence-electron chi connectivity index (χ3n) is 3.11. The van der Waals surface area contributed by atoms with Crippen molar-refractivity contribution in [2.75, 3.05) is 0 Å². The van der Waals surface area contributed by atoms with Crippen LogP contribution in [0.15, 0.2) is 30.3 Å². The molecule has 18 heavy (non-hydrogen) atoms. The van der Waals surface area contributed by atoms with E-state index in [2.05, 4.69) is 4.74 Å². The van der Waals surface area contributed by atoms with Crippen LogP contribution in [0.5, 0.6) is 0 Å². The van der Waals surface area contributed by atoms with Crippen LogP contribution in [0.2, 0.25) is 0 Å². The van der Waals surface area contributed by atoms with Gasteiger partial charge in [-0.05, 0) is 17.9 Å². The highest BCUT2D eigenvalue weighted by molar-refractivity contribution is 5.23. The topological polar surface area (TPSA) is 9.23 Å². The number of hydrogen-bond acceptors (Lipinski definition) is 1. The fourth-order valence-electron chi connectivity index (χ4n) is 2.29. The van der Waals surface area contributed by atoms with Gasteiger partial charge in [0.2, 0.25) is 0 Å². The van der Waals surface area contributed by atoms with Gasteiger partial charge in [0.25, 0.3) is 0 Å². The predicted octanol–water partition coefficient (Wildman–Crippen LogP) is 4.87. The second-order valence-electron chi connectivity index (χ2n) is 4.71. The van der Waals surface area contributed by atoms with Crippen LogP contribution in [-0.2, 0) is 10.3 Å². The Hall–Kier alpha value is -1.03. The fraction of sp³-hybridized carbons (Fsp3) is 0.571. The SMILES string of the molecule is CCCC(OC(F)(F)F)(c1ccccc1)C(C)C. The van der Waals surface area contributed by atoms with Gasteiger partial charge in [-0.15, -0.1) is 13.2 Å². The van der Waals surface area contributed by atoms with E-state index in [0.717, 1.165) is 0 Å². The Morgan fingerprint density at radius 3 is 2.06 bits per heavy atom. The zero-order valence-electron chi connectivity index (χ0n) is 10.9. The Labute approximate surface area is 106 Å². The zero-order chi connectivity index (χ0) is 13.8. The molecule has 1 aromatic carbocycles. The third-order valence-corrected chi connectivity index (χ3v) is 3.11. The monoisotopic (exact) mass is 260 g/mol. The average Bonchev–Trinajstić information content (AvgIpc) is 2.27. The largest absolute Gasteiger partial charge is 0.523 e. The van der Waals surface area contributed by atoms with Gasteiger partial charge in [-0.1, -0.05) is 57.5 Å². The summed E-state index contributed by atoms with van der Waals surface area (Å²) < 4.78 is 42.6. The molecule has 1 rings (SSSR count). The first kappa shape index (κ1) is 15.0. The van der Waals surface area contributed by atoms with E-state index in [9.17, 15) is 13.2 Å². The lowest BCUT2D eigenvalue weighted by Gasteiger charge is -2.38. The van der Waals surface area contributed by atoms with Crippen LogP contribution < -0.4 is 0 Å². The van der Waals surface area contributed by atoms with Crippen LogP contribution >= 0.6 is 0 Å². The normalized spacial score (nSPS) is 15.7. The Morgan fingerprint density at radius 1 is 1.11 bits per heavy atom. The van der Waals surface area contributed by atoms with Crippen LogP contribution in [0.25, 0.3) is 0 Å². The highest BCUT2D eigenvalue weighted by Gasteiger charge is 2.46. The molecule has 4 heteroatoms. The van der Waals surface area contributed by atoms with Gasteiger partial charge >= 0.3 is 6.36 Å². The van der Waals surface area contributed by atoms with Gasteiger partial charge in [-0.2, -0.15) is 0 Å². The van der Waals surface area contributed by atoms with E-state index in [4.69, 9.17) is 0 Å². The summed E-state index contributed by atoms with van der Waals surface area (Å²) in [5.74, 6) is -0.263. The van der Waals surface area contributed by atoms with Crippen molar-refractivity contribution in [1.29, 1.82) is 0 Å². The minimum Gasteiger partial charge on any atom is -0.280 e. The summed E-state index contributed by atoms with van der Waals surface area (Å²) in [6, 6.07) is 8.65. The molecule has 0 amide bonds. The van der Waals surface area contributed by atoms with Crippen LogP contribution in [0.1, 0.15) is 39.2 Å². The maximum absolute atomic E-state index is 12.7. The summed E-state index contributed by atoms with van der Waals surface area (Å²) in [5.41, 5.74) is -0.715. The van der Waals surface area contributed by atoms with Gasteiger partial charge in [0.1, 0.15) is 5.60 Å². The molecule has 1 unspecified atom stereocenters. The molecule has 0 bridgehead atoms. The molecule has 0 aliphatic carbocycles. The first-order chi connectivity index (χ1) is 8.32. The van der Waals surface area contributed by atoms with Crippen molar-refractivity contribution >= 4 is 0 Å². The second kappa shape index (κ2) is 5.74. The van der Waals surface area contributed by atoms with E-state index < -0.39 is 12.0 Å². The van der Waals surface area contributed by atoms with E-state index in [1.807, 2.05) is 6.92 Å². The Morgan fingerprint density at radius 2 is 1.67 bits per heavy atom. The lowest BCUT2D eigenvalue weighted by atomic mass is 9.79. The Bertz CT molecular complexity index is 359. The van der Waals surface area contributed by atoms with Gasteiger partial charge in [-0.3, -0.25) is 4.74 Å². The van der Waals surface area contributed by atoms with Gasteiger partial charge in [0, 0.05) is 0 Å². The lowest BCUT2D eigenvalue weighted by molar-refractivity contribution is -0.379. The quantitative estimate of drug-likeness (QED) is 0.733. The molecule has 0 saturated carbocycles.